The molecule has 0 unspecified atom stereocenters. The van der Waals surface area contributed by atoms with Crippen LogP contribution < -0.4 is 0 Å². The molecule has 1 heterocycles. The van der Waals surface area contributed by atoms with Crippen molar-refractivity contribution in [2.45, 2.75) is 0 Å². The van der Waals surface area contributed by atoms with Gasteiger partial charge in [-0.3, -0.25) is 5.10 Å². The fraction of sp³-hybridized carbons (Fsp3) is 0. The molecule has 0 amide bonds. The molecule has 0 spiro atoms. The van der Waals surface area contributed by atoms with Gasteiger partial charge in [0, 0.05) is 15.0 Å². The maximum absolute atomic E-state index is 9.18. The molecule has 0 atom stereocenters. The van der Waals surface area contributed by atoms with Gasteiger partial charge in [0.05, 0.1) is 11.7 Å². The third-order valence-corrected chi connectivity index (χ3v) is 2.39. The van der Waals surface area contributed by atoms with Crippen molar-refractivity contribution in [2.24, 2.45) is 0 Å². The first-order chi connectivity index (χ1) is 5.27. The van der Waals surface area contributed by atoms with Gasteiger partial charge >= 0.3 is 0 Å². The number of halogens is 1. The first-order valence-corrected chi connectivity index (χ1v) is 4.17. The summed E-state index contributed by atoms with van der Waals surface area (Å²) in [5, 5.41) is 16.9. The van der Waals surface area contributed by atoms with E-state index in [-0.39, 0.29) is 5.75 Å². The minimum Gasteiger partial charge on any atom is -0.508 e. The van der Waals surface area contributed by atoms with Crippen LogP contribution in [0.5, 0.6) is 5.75 Å². The maximum Gasteiger partial charge on any atom is 0.118 e. The Morgan fingerprint density at radius 3 is 3.09 bits per heavy atom. The first kappa shape index (κ1) is 6.90. The molecular formula is C7H5IN2O. The van der Waals surface area contributed by atoms with Gasteiger partial charge in [0.1, 0.15) is 5.75 Å². The zero-order valence-electron chi connectivity index (χ0n) is 5.50. The minimum atomic E-state index is 0.270. The lowest BCUT2D eigenvalue weighted by molar-refractivity contribution is 0.475. The third kappa shape index (κ3) is 1.07. The van der Waals surface area contributed by atoms with Gasteiger partial charge in [-0.05, 0) is 28.7 Å². The molecule has 2 rings (SSSR count). The molecule has 0 saturated carbocycles. The minimum absolute atomic E-state index is 0.270. The largest absolute Gasteiger partial charge is 0.508 e. The van der Waals surface area contributed by atoms with E-state index in [4.69, 9.17) is 0 Å². The van der Waals surface area contributed by atoms with Crippen LogP contribution in [0.4, 0.5) is 0 Å². The summed E-state index contributed by atoms with van der Waals surface area (Å²) in [6.07, 6.45) is 1.75. The van der Waals surface area contributed by atoms with E-state index in [0.29, 0.717) is 0 Å². The summed E-state index contributed by atoms with van der Waals surface area (Å²) in [7, 11) is 0. The van der Waals surface area contributed by atoms with Gasteiger partial charge in [-0.25, -0.2) is 0 Å². The Kier molecular flexibility index (Phi) is 1.49. The third-order valence-electron chi connectivity index (χ3n) is 1.49. The lowest BCUT2D eigenvalue weighted by Crippen LogP contribution is -1.73. The van der Waals surface area contributed by atoms with Crippen LogP contribution in [-0.4, -0.2) is 15.3 Å². The highest BCUT2D eigenvalue weighted by Gasteiger charge is 2.01. The standard InChI is InChI=1S/C7H5IN2O/c8-6-1-4(11)2-7-5(6)3-9-10-7/h1-3,11H,(H,9,10). The normalized spacial score (nSPS) is 10.6. The fourth-order valence-electron chi connectivity index (χ4n) is 0.994. The average molecular weight is 260 g/mol. The molecule has 0 bridgehead atoms. The number of phenols is 1. The van der Waals surface area contributed by atoms with Crippen LogP contribution in [0, 0.1) is 3.57 Å². The second kappa shape index (κ2) is 2.37. The van der Waals surface area contributed by atoms with E-state index in [1.54, 1.807) is 18.3 Å². The number of nitrogens with one attached hydrogen (secondary N) is 1. The number of rotatable bonds is 0. The summed E-state index contributed by atoms with van der Waals surface area (Å²) >= 11 is 2.16. The van der Waals surface area contributed by atoms with E-state index in [2.05, 4.69) is 32.8 Å². The van der Waals surface area contributed by atoms with E-state index in [1.165, 1.54) is 0 Å². The smallest absolute Gasteiger partial charge is 0.118 e. The number of phenolic OH excluding ortho intramolecular Hbond substituents is 1. The summed E-state index contributed by atoms with van der Waals surface area (Å²) in [5.74, 6) is 0.270. The number of hydrogen-bond donors (Lipinski definition) is 2. The van der Waals surface area contributed by atoms with E-state index < -0.39 is 0 Å². The summed E-state index contributed by atoms with van der Waals surface area (Å²) in [6, 6.07) is 3.36. The molecule has 0 aliphatic carbocycles. The predicted molar refractivity (Wildman–Crippen MR) is 50.5 cm³/mol. The average Bonchev–Trinajstić information content (AvgIpc) is 2.34. The molecular weight excluding hydrogens is 255 g/mol. The SMILES string of the molecule is Oc1cc(I)c2cn[nH]c2c1. The van der Waals surface area contributed by atoms with E-state index in [9.17, 15) is 5.11 Å². The highest BCUT2D eigenvalue weighted by molar-refractivity contribution is 14.1. The van der Waals surface area contributed by atoms with Crippen LogP contribution in [-0.2, 0) is 0 Å². The zero-order valence-corrected chi connectivity index (χ0v) is 7.66. The Hall–Kier alpha value is -0.780. The number of benzene rings is 1. The Bertz CT molecular complexity index is 396. The molecule has 2 aromatic rings. The second-order valence-electron chi connectivity index (χ2n) is 2.26. The first-order valence-electron chi connectivity index (χ1n) is 3.09. The highest BCUT2D eigenvalue weighted by atomic mass is 127. The summed E-state index contributed by atoms with van der Waals surface area (Å²) < 4.78 is 1.01. The number of hydrogen-bond acceptors (Lipinski definition) is 2. The summed E-state index contributed by atoms with van der Waals surface area (Å²) in [6.45, 7) is 0. The molecule has 2 N–H and O–H groups in total. The Morgan fingerprint density at radius 2 is 2.27 bits per heavy atom. The maximum atomic E-state index is 9.18. The van der Waals surface area contributed by atoms with Crippen molar-refractivity contribution in [3.8, 4) is 5.75 Å². The number of aromatic hydroxyl groups is 1. The molecule has 4 heteroatoms. The van der Waals surface area contributed by atoms with Crippen LogP contribution in [0.1, 0.15) is 0 Å². The van der Waals surface area contributed by atoms with Crippen LogP contribution in [0.25, 0.3) is 10.9 Å². The monoisotopic (exact) mass is 260 g/mol. The molecule has 1 aromatic carbocycles. The number of aromatic nitrogens is 2. The lowest BCUT2D eigenvalue weighted by Gasteiger charge is -1.94. The van der Waals surface area contributed by atoms with Gasteiger partial charge in [0.2, 0.25) is 0 Å². The van der Waals surface area contributed by atoms with Gasteiger partial charge in [0.25, 0.3) is 0 Å². The van der Waals surface area contributed by atoms with E-state index in [0.717, 1.165) is 14.5 Å². The number of fused-ring (bicyclic) bond motifs is 1. The van der Waals surface area contributed by atoms with Gasteiger partial charge in [-0.15, -0.1) is 0 Å². The van der Waals surface area contributed by atoms with Crippen LogP contribution in [0.15, 0.2) is 18.3 Å². The van der Waals surface area contributed by atoms with Gasteiger partial charge in [-0.1, -0.05) is 0 Å². The lowest BCUT2D eigenvalue weighted by atomic mass is 10.2. The van der Waals surface area contributed by atoms with Crippen LogP contribution in [0.2, 0.25) is 0 Å². The van der Waals surface area contributed by atoms with E-state index >= 15 is 0 Å². The molecule has 3 nitrogen and oxygen atoms in total. The van der Waals surface area contributed by atoms with Crippen molar-refractivity contribution in [2.75, 3.05) is 0 Å². The quantitative estimate of drug-likeness (QED) is 0.710. The molecule has 56 valence electrons. The van der Waals surface area contributed by atoms with Crippen molar-refractivity contribution >= 4 is 33.5 Å². The molecule has 0 radical (unpaired) electrons. The van der Waals surface area contributed by atoms with Crippen molar-refractivity contribution in [1.82, 2.24) is 10.2 Å². The summed E-state index contributed by atoms with van der Waals surface area (Å²) in [5.41, 5.74) is 0.870. The second-order valence-corrected chi connectivity index (χ2v) is 3.42. The molecule has 0 saturated heterocycles. The van der Waals surface area contributed by atoms with E-state index in [1.807, 2.05) is 0 Å². The van der Waals surface area contributed by atoms with Crippen LogP contribution >= 0.6 is 22.6 Å². The Labute approximate surface area is 76.6 Å². The van der Waals surface area contributed by atoms with Crippen molar-refractivity contribution in [1.29, 1.82) is 0 Å². The molecule has 1 aromatic heterocycles. The molecule has 11 heavy (non-hydrogen) atoms. The van der Waals surface area contributed by atoms with Crippen LogP contribution in [0.3, 0.4) is 0 Å². The van der Waals surface area contributed by atoms with Crippen molar-refractivity contribution in [3.63, 3.8) is 0 Å². The molecule has 0 aliphatic heterocycles. The fourth-order valence-corrected chi connectivity index (χ4v) is 1.74. The van der Waals surface area contributed by atoms with Gasteiger partial charge < -0.3 is 5.11 Å². The van der Waals surface area contributed by atoms with Crippen molar-refractivity contribution in [3.05, 3.63) is 21.9 Å². The predicted octanol–water partition coefficient (Wildman–Crippen LogP) is 1.87. The Morgan fingerprint density at radius 1 is 1.45 bits per heavy atom. The summed E-state index contributed by atoms with van der Waals surface area (Å²) in [4.78, 5) is 0. The van der Waals surface area contributed by atoms with Gasteiger partial charge in [-0.2, -0.15) is 5.10 Å². The molecule has 0 aliphatic rings. The molecule has 0 fully saturated rings. The number of aromatic amines is 1. The van der Waals surface area contributed by atoms with Crippen molar-refractivity contribution < 1.29 is 5.11 Å². The zero-order chi connectivity index (χ0) is 7.84. The Balaban J connectivity index is 2.91. The topological polar surface area (TPSA) is 48.9 Å². The van der Waals surface area contributed by atoms with Gasteiger partial charge in [0.15, 0.2) is 0 Å². The number of nitrogens with zero attached hydrogens (tertiary/aromatic N) is 1. The highest BCUT2D eigenvalue weighted by Crippen LogP contribution is 2.23. The number of H-pyrrole nitrogens is 1.